The summed E-state index contributed by atoms with van der Waals surface area (Å²) in [6.45, 7) is 0. The molecule has 0 saturated heterocycles. The highest BCUT2D eigenvalue weighted by Gasteiger charge is 2.40. The Kier molecular flexibility index (Phi) is 4.11. The minimum absolute atomic E-state index is 0.684. The quantitative estimate of drug-likeness (QED) is 0.214. The molecule has 2 aromatic heterocycles. The molecule has 0 spiro atoms. The number of fused-ring (bicyclic) bond motifs is 11. The van der Waals surface area contributed by atoms with Crippen LogP contribution < -0.4 is 0 Å². The van der Waals surface area contributed by atoms with Crippen molar-refractivity contribution in [1.29, 1.82) is 0 Å². The summed E-state index contributed by atoms with van der Waals surface area (Å²) in [6.07, 6.45) is 6.10. The van der Waals surface area contributed by atoms with E-state index in [4.69, 9.17) is 0 Å². The molecular weight excluding hydrogens is 496 g/mol. The van der Waals surface area contributed by atoms with Crippen molar-refractivity contribution >= 4 is 60.5 Å². The average molecular weight is 523 g/mol. The third kappa shape index (κ3) is 2.82. The van der Waals surface area contributed by atoms with Gasteiger partial charge in [0.25, 0.3) is 0 Å². The van der Waals surface area contributed by atoms with Crippen LogP contribution >= 0.6 is 0 Å². The Balaban J connectivity index is 1.42. The van der Waals surface area contributed by atoms with E-state index in [1.807, 2.05) is 0 Å². The van der Waals surface area contributed by atoms with Gasteiger partial charge in [-0.2, -0.15) is 0 Å². The summed E-state index contributed by atoms with van der Waals surface area (Å²) in [6, 6.07) is 44.9. The molecule has 2 heterocycles. The van der Waals surface area contributed by atoms with Crippen molar-refractivity contribution in [3.05, 3.63) is 139 Å². The maximum absolute atomic E-state index is 2.52. The summed E-state index contributed by atoms with van der Waals surface area (Å²) >= 11 is 0. The second kappa shape index (κ2) is 7.77. The fourth-order valence-corrected chi connectivity index (χ4v) is 7.70. The molecule has 1 saturated carbocycles. The van der Waals surface area contributed by atoms with Gasteiger partial charge in [-0.1, -0.05) is 103 Å². The van der Waals surface area contributed by atoms with Crippen molar-refractivity contribution in [3.63, 3.8) is 0 Å². The molecule has 0 amide bonds. The molecular formula is C39H26N2. The maximum atomic E-state index is 2.52. The highest BCUT2D eigenvalue weighted by Crippen LogP contribution is 2.54. The van der Waals surface area contributed by atoms with E-state index in [2.05, 4.69) is 143 Å². The summed E-state index contributed by atoms with van der Waals surface area (Å²) in [5.41, 5.74) is 10.4. The van der Waals surface area contributed by atoms with Crippen LogP contribution in [0.4, 0.5) is 0 Å². The second-order valence-corrected chi connectivity index (χ2v) is 11.7. The van der Waals surface area contributed by atoms with Crippen LogP contribution in [0.25, 0.3) is 71.8 Å². The number of benzene rings is 6. The van der Waals surface area contributed by atoms with Gasteiger partial charge in [-0.3, -0.25) is 0 Å². The van der Waals surface area contributed by atoms with Gasteiger partial charge in [0.05, 0.1) is 33.4 Å². The van der Waals surface area contributed by atoms with Crippen LogP contribution in [0.1, 0.15) is 23.5 Å². The molecule has 0 aliphatic heterocycles. The van der Waals surface area contributed by atoms with E-state index >= 15 is 0 Å². The van der Waals surface area contributed by atoms with Crippen molar-refractivity contribution in [2.24, 2.45) is 5.92 Å². The molecule has 41 heavy (non-hydrogen) atoms. The molecule has 1 fully saturated rings. The first-order valence-electron chi connectivity index (χ1n) is 14.6. The predicted octanol–water partition coefficient (Wildman–Crippen LogP) is 10.2. The molecule has 2 heteroatoms. The molecule has 2 aliphatic rings. The zero-order chi connectivity index (χ0) is 26.7. The fraction of sp³-hybridized carbons (Fsp3) is 0.0769. The van der Waals surface area contributed by atoms with Gasteiger partial charge in [-0.05, 0) is 59.5 Å². The molecule has 2 nitrogen and oxygen atoms in total. The highest BCUT2D eigenvalue weighted by atomic mass is 15.0. The van der Waals surface area contributed by atoms with E-state index in [0.29, 0.717) is 5.92 Å². The Hall–Kier alpha value is -5.08. The van der Waals surface area contributed by atoms with E-state index < -0.39 is 0 Å². The maximum Gasteiger partial charge on any atom is 0.0641 e. The fourth-order valence-electron chi connectivity index (χ4n) is 7.70. The Morgan fingerprint density at radius 1 is 0.512 bits per heavy atom. The number of hydrogen-bond acceptors (Lipinski definition) is 0. The number of allylic oxidation sites excluding steroid dienone is 1. The number of hydrogen-bond donors (Lipinski definition) is 0. The van der Waals surface area contributed by atoms with Crippen LogP contribution in [0.15, 0.2) is 127 Å². The Bertz CT molecular complexity index is 2410. The Morgan fingerprint density at radius 3 is 2.12 bits per heavy atom. The van der Waals surface area contributed by atoms with Crippen LogP contribution in [-0.2, 0) is 0 Å². The van der Waals surface area contributed by atoms with E-state index in [1.165, 1.54) is 83.3 Å². The van der Waals surface area contributed by atoms with E-state index in [-0.39, 0.29) is 0 Å². The van der Waals surface area contributed by atoms with Crippen molar-refractivity contribution in [2.45, 2.75) is 12.3 Å². The number of rotatable bonds is 2. The molecule has 0 bridgehead atoms. The van der Waals surface area contributed by atoms with Crippen molar-refractivity contribution in [2.75, 3.05) is 0 Å². The molecule has 0 N–H and O–H groups in total. The lowest BCUT2D eigenvalue weighted by atomic mass is 9.95. The zero-order valence-electron chi connectivity index (χ0n) is 22.5. The Labute approximate surface area is 237 Å². The van der Waals surface area contributed by atoms with E-state index in [0.717, 1.165) is 5.92 Å². The van der Waals surface area contributed by atoms with Gasteiger partial charge in [0.15, 0.2) is 0 Å². The monoisotopic (exact) mass is 522 g/mol. The first kappa shape index (κ1) is 21.7. The van der Waals surface area contributed by atoms with Crippen LogP contribution in [0.5, 0.6) is 0 Å². The minimum atomic E-state index is 0.684. The predicted molar refractivity (Wildman–Crippen MR) is 173 cm³/mol. The second-order valence-electron chi connectivity index (χ2n) is 11.7. The van der Waals surface area contributed by atoms with Crippen LogP contribution in [0.3, 0.4) is 0 Å². The van der Waals surface area contributed by atoms with Crippen molar-refractivity contribution < 1.29 is 0 Å². The van der Waals surface area contributed by atoms with E-state index in [9.17, 15) is 0 Å². The lowest BCUT2D eigenvalue weighted by molar-refractivity contribution is 0.987. The Morgan fingerprint density at radius 2 is 1.22 bits per heavy atom. The van der Waals surface area contributed by atoms with Gasteiger partial charge in [-0.25, -0.2) is 0 Å². The smallest absolute Gasteiger partial charge is 0.0641 e. The topological polar surface area (TPSA) is 9.86 Å². The molecule has 6 aromatic carbocycles. The first-order chi connectivity index (χ1) is 20.4. The summed E-state index contributed by atoms with van der Waals surface area (Å²) in [5, 5.41) is 7.70. The van der Waals surface area contributed by atoms with Gasteiger partial charge in [0.1, 0.15) is 0 Å². The van der Waals surface area contributed by atoms with Crippen molar-refractivity contribution in [1.82, 2.24) is 9.13 Å². The van der Waals surface area contributed by atoms with Crippen molar-refractivity contribution in [3.8, 4) is 11.4 Å². The first-order valence-corrected chi connectivity index (χ1v) is 14.6. The molecule has 10 rings (SSSR count). The standard InChI is InChI=1S/C39H26N2/c1-2-11-26-24(9-1)10-7-17-33(26)41-35-15-5-3-12-28(35)30-21-22-37-38(39(30)41)31-13-4-6-16-36(31)40(37)34-18-8-14-27-29(34)20-19-25-23-32(25)27/h1-22,25,32H,23H2. The van der Waals surface area contributed by atoms with Gasteiger partial charge in [-0.15, -0.1) is 0 Å². The number of nitrogens with zero attached hydrogens (tertiary/aromatic N) is 2. The summed E-state index contributed by atoms with van der Waals surface area (Å²) < 4.78 is 5.03. The highest BCUT2D eigenvalue weighted by molar-refractivity contribution is 6.26. The molecule has 0 radical (unpaired) electrons. The van der Waals surface area contributed by atoms with Gasteiger partial charge >= 0.3 is 0 Å². The van der Waals surface area contributed by atoms with Crippen LogP contribution in [0.2, 0.25) is 0 Å². The third-order valence-electron chi connectivity index (χ3n) is 9.58. The molecule has 2 unspecified atom stereocenters. The van der Waals surface area contributed by atoms with Gasteiger partial charge < -0.3 is 9.13 Å². The van der Waals surface area contributed by atoms with Gasteiger partial charge in [0, 0.05) is 32.5 Å². The van der Waals surface area contributed by atoms with Gasteiger partial charge in [0.2, 0.25) is 0 Å². The van der Waals surface area contributed by atoms with Crippen LogP contribution in [-0.4, -0.2) is 9.13 Å². The molecule has 2 aliphatic carbocycles. The molecule has 2 atom stereocenters. The average Bonchev–Trinajstić information content (AvgIpc) is 3.66. The number of aromatic nitrogens is 2. The SMILES string of the molecule is C1=CC2CC2c2cccc(-n3c4ccccc4c4c3ccc3c5ccccc5n(-c5cccc6ccccc56)c34)c21. The molecule has 192 valence electrons. The minimum Gasteiger partial charge on any atom is -0.309 e. The summed E-state index contributed by atoms with van der Waals surface area (Å²) in [4.78, 5) is 0. The zero-order valence-corrected chi connectivity index (χ0v) is 22.5. The largest absolute Gasteiger partial charge is 0.309 e. The lowest BCUT2D eigenvalue weighted by Crippen LogP contribution is -2.02. The normalized spacial score (nSPS) is 17.6. The number of para-hydroxylation sites is 2. The third-order valence-corrected chi connectivity index (χ3v) is 9.58. The van der Waals surface area contributed by atoms with Crippen LogP contribution in [0, 0.1) is 5.92 Å². The molecule has 8 aromatic rings. The summed E-state index contributed by atoms with van der Waals surface area (Å²) in [5.74, 6) is 1.41. The summed E-state index contributed by atoms with van der Waals surface area (Å²) in [7, 11) is 0. The lowest BCUT2D eigenvalue weighted by Gasteiger charge is -2.17. The van der Waals surface area contributed by atoms with E-state index in [1.54, 1.807) is 0 Å².